The molecule has 0 saturated heterocycles. The van der Waals surface area contributed by atoms with Gasteiger partial charge in [0.15, 0.2) is 0 Å². The number of nitrogen functional groups attached to an aromatic ring is 1. The summed E-state index contributed by atoms with van der Waals surface area (Å²) < 4.78 is 25.4. The average Bonchev–Trinajstić information content (AvgIpc) is 2.46. The van der Waals surface area contributed by atoms with Gasteiger partial charge >= 0.3 is 0 Å². The molecule has 2 aromatic rings. The van der Waals surface area contributed by atoms with Gasteiger partial charge in [-0.3, -0.25) is 0 Å². The van der Waals surface area contributed by atoms with Gasteiger partial charge < -0.3 is 5.73 Å². The van der Waals surface area contributed by atoms with Crippen LogP contribution in [0.4, 0.5) is 14.5 Å². The molecule has 0 saturated carbocycles. The topological polar surface area (TPSA) is 26.0 Å². The van der Waals surface area contributed by atoms with Crippen LogP contribution in [0.3, 0.4) is 0 Å². The van der Waals surface area contributed by atoms with Gasteiger partial charge in [-0.1, -0.05) is 6.07 Å². The highest BCUT2D eigenvalue weighted by Crippen LogP contribution is 2.33. The van der Waals surface area contributed by atoms with Crippen molar-refractivity contribution in [2.24, 2.45) is 0 Å². The molecule has 68 valence electrons. The average molecular weight is 199 g/mol. The number of thiophene rings is 1. The van der Waals surface area contributed by atoms with Crippen molar-refractivity contribution in [2.45, 2.75) is 6.43 Å². The molecule has 1 nitrogen and oxygen atoms in total. The van der Waals surface area contributed by atoms with Gasteiger partial charge in [0.2, 0.25) is 0 Å². The van der Waals surface area contributed by atoms with Crippen molar-refractivity contribution in [3.05, 3.63) is 29.1 Å². The van der Waals surface area contributed by atoms with Gasteiger partial charge in [-0.2, -0.15) is 0 Å². The van der Waals surface area contributed by atoms with Crippen LogP contribution >= 0.6 is 11.3 Å². The minimum Gasteiger partial charge on any atom is -0.399 e. The van der Waals surface area contributed by atoms with Gasteiger partial charge in [-0.15, -0.1) is 11.3 Å². The first kappa shape index (κ1) is 8.44. The van der Waals surface area contributed by atoms with Gasteiger partial charge in [0.05, 0.1) is 4.88 Å². The van der Waals surface area contributed by atoms with Crippen LogP contribution < -0.4 is 5.73 Å². The first-order valence-corrected chi connectivity index (χ1v) is 4.55. The fraction of sp³-hybridized carbons (Fsp3) is 0.111. The van der Waals surface area contributed by atoms with Gasteiger partial charge in [-0.05, 0) is 23.6 Å². The van der Waals surface area contributed by atoms with E-state index in [-0.39, 0.29) is 4.88 Å². The molecule has 4 heteroatoms. The van der Waals surface area contributed by atoms with Crippen LogP contribution in [0.25, 0.3) is 10.1 Å². The number of alkyl halides is 2. The Hall–Kier alpha value is -1.16. The summed E-state index contributed by atoms with van der Waals surface area (Å²) in [5, 5.41) is 0.828. The summed E-state index contributed by atoms with van der Waals surface area (Å²) in [6, 6.07) is 6.69. The summed E-state index contributed by atoms with van der Waals surface area (Å²) in [6.45, 7) is 0. The third-order valence-corrected chi connectivity index (χ3v) is 2.88. The number of nitrogens with two attached hydrogens (primary N) is 1. The molecule has 0 radical (unpaired) electrons. The number of hydrogen-bond acceptors (Lipinski definition) is 2. The number of anilines is 1. The van der Waals surface area contributed by atoms with E-state index < -0.39 is 6.43 Å². The van der Waals surface area contributed by atoms with Gasteiger partial charge in [-0.25, -0.2) is 8.78 Å². The van der Waals surface area contributed by atoms with Gasteiger partial charge in [0.25, 0.3) is 6.43 Å². The third kappa shape index (κ3) is 1.49. The lowest BCUT2D eigenvalue weighted by Crippen LogP contribution is -1.80. The maximum atomic E-state index is 12.3. The molecule has 0 atom stereocenters. The molecule has 13 heavy (non-hydrogen) atoms. The normalized spacial score (nSPS) is 11.3. The molecule has 2 N–H and O–H groups in total. The number of halogens is 2. The molecular formula is C9H7F2NS. The Balaban J connectivity index is 2.62. The highest BCUT2D eigenvalue weighted by Gasteiger charge is 2.10. The number of benzene rings is 1. The SMILES string of the molecule is Nc1ccc2cc(C(F)F)sc2c1. The van der Waals surface area contributed by atoms with Crippen LogP contribution in [-0.4, -0.2) is 0 Å². The van der Waals surface area contributed by atoms with E-state index in [1.54, 1.807) is 18.2 Å². The first-order chi connectivity index (χ1) is 6.16. The number of rotatable bonds is 1. The fourth-order valence-corrected chi connectivity index (χ4v) is 2.14. The Morgan fingerprint density at radius 1 is 1.23 bits per heavy atom. The van der Waals surface area contributed by atoms with Crippen molar-refractivity contribution in [3.63, 3.8) is 0 Å². The smallest absolute Gasteiger partial charge is 0.272 e. The van der Waals surface area contributed by atoms with Crippen molar-refractivity contribution in [1.82, 2.24) is 0 Å². The second kappa shape index (κ2) is 2.96. The number of fused-ring (bicyclic) bond motifs is 1. The van der Waals surface area contributed by atoms with E-state index in [9.17, 15) is 8.78 Å². The summed E-state index contributed by atoms with van der Waals surface area (Å²) >= 11 is 1.09. The molecule has 0 fully saturated rings. The molecular weight excluding hydrogens is 192 g/mol. The first-order valence-electron chi connectivity index (χ1n) is 3.74. The van der Waals surface area contributed by atoms with E-state index in [4.69, 9.17) is 5.73 Å². The molecule has 0 aliphatic rings. The van der Waals surface area contributed by atoms with Crippen LogP contribution in [0.5, 0.6) is 0 Å². The van der Waals surface area contributed by atoms with E-state index >= 15 is 0 Å². The summed E-state index contributed by atoms with van der Waals surface area (Å²) in [5.41, 5.74) is 6.14. The highest BCUT2D eigenvalue weighted by molar-refractivity contribution is 7.19. The van der Waals surface area contributed by atoms with E-state index in [0.717, 1.165) is 21.4 Å². The molecule has 1 heterocycles. The zero-order valence-corrected chi connectivity index (χ0v) is 7.44. The van der Waals surface area contributed by atoms with Crippen molar-refractivity contribution in [2.75, 3.05) is 5.73 Å². The molecule has 0 aliphatic carbocycles. The van der Waals surface area contributed by atoms with Gasteiger partial charge in [0, 0.05) is 10.4 Å². The molecule has 2 rings (SSSR count). The third-order valence-electron chi connectivity index (χ3n) is 1.78. The fourth-order valence-electron chi connectivity index (χ4n) is 1.18. The Kier molecular flexibility index (Phi) is 1.92. The van der Waals surface area contributed by atoms with Gasteiger partial charge in [0.1, 0.15) is 0 Å². The standard InChI is InChI=1S/C9H7F2NS/c10-9(11)8-3-5-1-2-6(12)4-7(5)13-8/h1-4,9H,12H2. The second-order valence-electron chi connectivity index (χ2n) is 2.75. The van der Waals surface area contributed by atoms with Crippen LogP contribution in [0.2, 0.25) is 0 Å². The lowest BCUT2D eigenvalue weighted by molar-refractivity contribution is 0.156. The van der Waals surface area contributed by atoms with Crippen LogP contribution in [-0.2, 0) is 0 Å². The Labute approximate surface area is 77.8 Å². The maximum absolute atomic E-state index is 12.3. The monoisotopic (exact) mass is 199 g/mol. The molecule has 0 amide bonds. The Morgan fingerprint density at radius 3 is 2.69 bits per heavy atom. The molecule has 0 spiro atoms. The summed E-state index contributed by atoms with van der Waals surface area (Å²) in [5.74, 6) is 0. The van der Waals surface area contributed by atoms with Crippen LogP contribution in [0.1, 0.15) is 11.3 Å². The van der Waals surface area contributed by atoms with E-state index in [1.165, 1.54) is 6.07 Å². The van der Waals surface area contributed by atoms with Crippen molar-refractivity contribution in [1.29, 1.82) is 0 Å². The maximum Gasteiger partial charge on any atom is 0.272 e. The Bertz CT molecular complexity index is 436. The zero-order valence-electron chi connectivity index (χ0n) is 6.63. The quantitative estimate of drug-likeness (QED) is 0.699. The lowest BCUT2D eigenvalue weighted by atomic mass is 10.2. The summed E-state index contributed by atoms with van der Waals surface area (Å²) in [4.78, 5) is 0.0978. The molecule has 0 unspecified atom stereocenters. The Morgan fingerprint density at radius 2 is 2.00 bits per heavy atom. The van der Waals surface area contributed by atoms with Crippen molar-refractivity contribution < 1.29 is 8.78 Å². The molecule has 0 bridgehead atoms. The molecule has 0 aliphatic heterocycles. The molecule has 1 aromatic carbocycles. The largest absolute Gasteiger partial charge is 0.399 e. The number of hydrogen-bond donors (Lipinski definition) is 1. The van der Waals surface area contributed by atoms with Crippen LogP contribution in [0.15, 0.2) is 24.3 Å². The summed E-state index contributed by atoms with van der Waals surface area (Å²) in [7, 11) is 0. The van der Waals surface area contributed by atoms with E-state index in [2.05, 4.69) is 0 Å². The minimum absolute atomic E-state index is 0.0978. The minimum atomic E-state index is -2.39. The van der Waals surface area contributed by atoms with Crippen LogP contribution in [0, 0.1) is 0 Å². The highest BCUT2D eigenvalue weighted by atomic mass is 32.1. The van der Waals surface area contributed by atoms with E-state index in [0.29, 0.717) is 5.69 Å². The zero-order chi connectivity index (χ0) is 9.42. The predicted molar refractivity (Wildman–Crippen MR) is 51.2 cm³/mol. The van der Waals surface area contributed by atoms with E-state index in [1.807, 2.05) is 0 Å². The summed E-state index contributed by atoms with van der Waals surface area (Å²) in [6.07, 6.45) is -2.39. The van der Waals surface area contributed by atoms with Crippen molar-refractivity contribution in [3.8, 4) is 0 Å². The second-order valence-corrected chi connectivity index (χ2v) is 3.86. The predicted octanol–water partition coefficient (Wildman–Crippen LogP) is 3.42. The lowest BCUT2D eigenvalue weighted by Gasteiger charge is -1.90. The van der Waals surface area contributed by atoms with Crippen molar-refractivity contribution >= 4 is 27.1 Å². The molecule has 1 aromatic heterocycles.